The predicted octanol–water partition coefficient (Wildman–Crippen LogP) is -2.42. The summed E-state index contributed by atoms with van der Waals surface area (Å²) in [5.74, 6) is -0.371. The topological polar surface area (TPSA) is 108 Å². The highest BCUT2D eigenvalue weighted by Gasteiger charge is 2.44. The molecule has 1 aliphatic heterocycles. The van der Waals surface area contributed by atoms with E-state index in [4.69, 9.17) is 14.6 Å². The van der Waals surface area contributed by atoms with Gasteiger partial charge in [-0.05, 0) is 0 Å². The van der Waals surface area contributed by atoms with Crippen LogP contribution in [0.25, 0.3) is 0 Å². The molecule has 1 fully saturated rings. The van der Waals surface area contributed by atoms with Crippen molar-refractivity contribution in [3.8, 4) is 0 Å². The maximum atomic E-state index is 10.9. The molecule has 0 unspecified atom stereocenters. The average Bonchev–Trinajstić information content (AvgIpc) is 2.25. The highest BCUT2D eigenvalue weighted by molar-refractivity contribution is 5.73. The molecule has 7 heteroatoms. The predicted molar refractivity (Wildman–Crippen MR) is 52.4 cm³/mol. The summed E-state index contributed by atoms with van der Waals surface area (Å²) >= 11 is 0. The second-order valence-electron chi connectivity index (χ2n) is 3.67. The molecule has 0 aromatic carbocycles. The maximum absolute atomic E-state index is 10.9. The standard InChI is InChI=1S/C9H17NO6/c1-4(12)10-6-8(14)7(13)5(3-11)16-9(6)15-2/h5-9,11,13-14H,3H2,1-2H3,(H,10,12)/t5-,6-,7+,8+,9-/m0/s1. The molecule has 0 aromatic heterocycles. The molecule has 0 radical (unpaired) electrons. The van der Waals surface area contributed by atoms with Crippen LogP contribution in [0.1, 0.15) is 6.92 Å². The number of nitrogens with one attached hydrogen (secondary N) is 1. The van der Waals surface area contributed by atoms with Crippen LogP contribution < -0.4 is 5.32 Å². The molecule has 94 valence electrons. The Morgan fingerprint density at radius 1 is 1.44 bits per heavy atom. The van der Waals surface area contributed by atoms with Crippen molar-refractivity contribution >= 4 is 5.91 Å². The molecule has 0 spiro atoms. The fraction of sp³-hybridized carbons (Fsp3) is 0.889. The zero-order valence-electron chi connectivity index (χ0n) is 9.16. The van der Waals surface area contributed by atoms with E-state index in [2.05, 4.69) is 5.32 Å². The van der Waals surface area contributed by atoms with Crippen LogP contribution in [0.2, 0.25) is 0 Å². The summed E-state index contributed by atoms with van der Waals surface area (Å²) in [7, 11) is 1.35. The minimum absolute atomic E-state index is 0.371. The third-order valence-electron chi connectivity index (χ3n) is 2.48. The lowest BCUT2D eigenvalue weighted by Crippen LogP contribution is -2.64. The first-order valence-corrected chi connectivity index (χ1v) is 4.93. The molecule has 1 rings (SSSR count). The van der Waals surface area contributed by atoms with Gasteiger partial charge in [0, 0.05) is 14.0 Å². The van der Waals surface area contributed by atoms with Crippen LogP contribution >= 0.6 is 0 Å². The molecule has 1 amide bonds. The second-order valence-corrected chi connectivity index (χ2v) is 3.67. The van der Waals surface area contributed by atoms with Crippen molar-refractivity contribution in [1.29, 1.82) is 0 Å². The summed E-state index contributed by atoms with van der Waals surface area (Å²) in [6.07, 6.45) is -4.35. The Balaban J connectivity index is 2.77. The van der Waals surface area contributed by atoms with Crippen LogP contribution in [-0.4, -0.2) is 65.6 Å². The lowest BCUT2D eigenvalue weighted by Gasteiger charge is -2.41. The number of rotatable bonds is 3. The van der Waals surface area contributed by atoms with Crippen molar-refractivity contribution in [3.05, 3.63) is 0 Å². The Morgan fingerprint density at radius 3 is 2.50 bits per heavy atom. The van der Waals surface area contributed by atoms with Gasteiger partial charge in [0.15, 0.2) is 6.29 Å². The van der Waals surface area contributed by atoms with E-state index in [1.807, 2.05) is 0 Å². The highest BCUT2D eigenvalue weighted by atomic mass is 16.7. The minimum atomic E-state index is -1.27. The number of carbonyl (C=O) groups excluding carboxylic acids is 1. The Bertz CT molecular complexity index is 246. The summed E-state index contributed by atoms with van der Waals surface area (Å²) in [6.45, 7) is 0.842. The van der Waals surface area contributed by atoms with Gasteiger partial charge in [0.25, 0.3) is 0 Å². The SMILES string of the molecule is CO[C@H]1O[C@@H](CO)[C@@H](O)[C@H](O)[C@@H]1NC(C)=O. The third kappa shape index (κ3) is 2.69. The van der Waals surface area contributed by atoms with Gasteiger partial charge in [-0.25, -0.2) is 0 Å². The van der Waals surface area contributed by atoms with E-state index in [-0.39, 0.29) is 5.91 Å². The van der Waals surface area contributed by atoms with Gasteiger partial charge in [-0.2, -0.15) is 0 Å². The van der Waals surface area contributed by atoms with E-state index < -0.39 is 37.3 Å². The molecule has 1 aliphatic rings. The number of hydrogen-bond acceptors (Lipinski definition) is 6. The fourth-order valence-electron chi connectivity index (χ4n) is 1.67. The smallest absolute Gasteiger partial charge is 0.217 e. The molecule has 16 heavy (non-hydrogen) atoms. The van der Waals surface area contributed by atoms with Crippen molar-refractivity contribution in [3.63, 3.8) is 0 Å². The molecule has 0 aliphatic carbocycles. The zero-order valence-corrected chi connectivity index (χ0v) is 9.16. The summed E-state index contributed by atoms with van der Waals surface area (Å²) < 4.78 is 10.1. The van der Waals surface area contributed by atoms with E-state index in [1.165, 1.54) is 14.0 Å². The van der Waals surface area contributed by atoms with Gasteiger partial charge < -0.3 is 30.1 Å². The van der Waals surface area contributed by atoms with Crippen LogP contribution in [0, 0.1) is 0 Å². The average molecular weight is 235 g/mol. The molecule has 1 heterocycles. The van der Waals surface area contributed by atoms with Gasteiger partial charge in [0.05, 0.1) is 6.61 Å². The molecule has 4 N–H and O–H groups in total. The summed E-state index contributed by atoms with van der Waals surface area (Å²) in [4.78, 5) is 10.9. The van der Waals surface area contributed by atoms with E-state index in [1.54, 1.807) is 0 Å². The lowest BCUT2D eigenvalue weighted by molar-refractivity contribution is -0.262. The molecule has 0 bridgehead atoms. The Kier molecular flexibility index (Phi) is 4.63. The van der Waals surface area contributed by atoms with Gasteiger partial charge in [-0.1, -0.05) is 0 Å². The van der Waals surface area contributed by atoms with Crippen LogP contribution in [0.15, 0.2) is 0 Å². The quantitative estimate of drug-likeness (QED) is 0.433. The van der Waals surface area contributed by atoms with Crippen molar-refractivity contribution in [2.75, 3.05) is 13.7 Å². The number of ether oxygens (including phenoxy) is 2. The third-order valence-corrected chi connectivity index (χ3v) is 2.48. The Labute approximate surface area is 93.0 Å². The number of aliphatic hydroxyl groups excluding tert-OH is 3. The Morgan fingerprint density at radius 2 is 2.06 bits per heavy atom. The first-order chi connectivity index (χ1) is 7.51. The van der Waals surface area contributed by atoms with Gasteiger partial charge in [-0.15, -0.1) is 0 Å². The number of amides is 1. The molecular weight excluding hydrogens is 218 g/mol. The number of hydrogen-bond donors (Lipinski definition) is 4. The van der Waals surface area contributed by atoms with Crippen molar-refractivity contribution in [2.24, 2.45) is 0 Å². The Hall–Kier alpha value is -0.730. The minimum Gasteiger partial charge on any atom is -0.394 e. The first-order valence-electron chi connectivity index (χ1n) is 4.93. The maximum Gasteiger partial charge on any atom is 0.217 e. The van der Waals surface area contributed by atoms with Crippen LogP contribution in [0.5, 0.6) is 0 Å². The second kappa shape index (κ2) is 5.55. The summed E-state index contributed by atoms with van der Waals surface area (Å²) in [5.41, 5.74) is 0. The molecule has 0 aromatic rings. The van der Waals surface area contributed by atoms with Gasteiger partial charge in [0.1, 0.15) is 24.4 Å². The van der Waals surface area contributed by atoms with E-state index in [9.17, 15) is 15.0 Å². The zero-order chi connectivity index (χ0) is 12.3. The normalized spacial score (nSPS) is 39.4. The lowest BCUT2D eigenvalue weighted by atomic mass is 9.97. The van der Waals surface area contributed by atoms with Crippen molar-refractivity contribution in [1.82, 2.24) is 5.32 Å². The van der Waals surface area contributed by atoms with Crippen LogP contribution in [0.3, 0.4) is 0 Å². The van der Waals surface area contributed by atoms with E-state index >= 15 is 0 Å². The fourth-order valence-corrected chi connectivity index (χ4v) is 1.67. The number of carbonyl (C=O) groups is 1. The van der Waals surface area contributed by atoms with E-state index in [0.717, 1.165) is 0 Å². The summed E-state index contributed by atoms with van der Waals surface area (Å²) in [5, 5.41) is 30.7. The summed E-state index contributed by atoms with van der Waals surface area (Å²) in [6, 6.07) is -0.861. The molecule has 1 saturated heterocycles. The van der Waals surface area contributed by atoms with Gasteiger partial charge in [0.2, 0.25) is 5.91 Å². The first kappa shape index (κ1) is 13.3. The molecular formula is C9H17NO6. The molecule has 7 nitrogen and oxygen atoms in total. The van der Waals surface area contributed by atoms with Crippen molar-refractivity contribution in [2.45, 2.75) is 37.6 Å². The van der Waals surface area contributed by atoms with E-state index in [0.29, 0.717) is 0 Å². The van der Waals surface area contributed by atoms with Gasteiger partial charge >= 0.3 is 0 Å². The van der Waals surface area contributed by atoms with Gasteiger partial charge in [-0.3, -0.25) is 4.79 Å². The highest BCUT2D eigenvalue weighted by Crippen LogP contribution is 2.21. The van der Waals surface area contributed by atoms with Crippen LogP contribution in [0.4, 0.5) is 0 Å². The number of aliphatic hydroxyl groups is 3. The van der Waals surface area contributed by atoms with Crippen LogP contribution in [-0.2, 0) is 14.3 Å². The monoisotopic (exact) mass is 235 g/mol. The number of methoxy groups -OCH3 is 1. The molecule has 0 saturated carbocycles. The van der Waals surface area contributed by atoms with Crippen molar-refractivity contribution < 1.29 is 29.6 Å². The molecule has 5 atom stereocenters. The largest absolute Gasteiger partial charge is 0.394 e.